The molecule has 2 heterocycles. The van der Waals surface area contributed by atoms with Crippen LogP contribution in [-0.2, 0) is 11.3 Å². The minimum absolute atomic E-state index is 0.290. The van der Waals surface area contributed by atoms with Crippen LogP contribution in [0.2, 0.25) is 0 Å². The minimum atomic E-state index is -0.325. The van der Waals surface area contributed by atoms with E-state index in [2.05, 4.69) is 10.1 Å². The van der Waals surface area contributed by atoms with Crippen molar-refractivity contribution in [3.63, 3.8) is 0 Å². The second-order valence-electron chi connectivity index (χ2n) is 5.59. The Hall–Kier alpha value is -2.47. The van der Waals surface area contributed by atoms with Crippen LogP contribution in [0.15, 0.2) is 36.4 Å². The predicted molar refractivity (Wildman–Crippen MR) is 94.3 cm³/mol. The van der Waals surface area contributed by atoms with Gasteiger partial charge >= 0.3 is 5.97 Å². The van der Waals surface area contributed by atoms with E-state index in [9.17, 15) is 4.79 Å². The number of nitrogens with zero attached hydrogens (tertiary/aromatic N) is 3. The predicted octanol–water partition coefficient (Wildman–Crippen LogP) is 3.79. The van der Waals surface area contributed by atoms with E-state index in [1.807, 2.05) is 61.9 Å². The van der Waals surface area contributed by atoms with Crippen molar-refractivity contribution in [2.45, 2.75) is 27.3 Å². The zero-order chi connectivity index (χ0) is 17.1. The highest BCUT2D eigenvalue weighted by Crippen LogP contribution is 2.28. The molecule has 0 aliphatic rings. The molecule has 3 rings (SSSR count). The molecule has 0 unspecified atom stereocenters. The van der Waals surface area contributed by atoms with Crippen molar-refractivity contribution in [1.82, 2.24) is 14.8 Å². The van der Waals surface area contributed by atoms with E-state index in [1.54, 1.807) is 0 Å². The van der Waals surface area contributed by atoms with Gasteiger partial charge < -0.3 is 4.74 Å². The molecular weight excluding hydrogens is 322 g/mol. The Morgan fingerprint density at radius 1 is 1.21 bits per heavy atom. The zero-order valence-corrected chi connectivity index (χ0v) is 14.8. The van der Waals surface area contributed by atoms with Gasteiger partial charge in [-0.2, -0.15) is 5.10 Å². The molecule has 3 aromatic rings. The Bertz CT molecular complexity index is 853. The van der Waals surface area contributed by atoms with E-state index in [4.69, 9.17) is 4.74 Å². The van der Waals surface area contributed by atoms with Crippen molar-refractivity contribution in [3.05, 3.63) is 58.4 Å². The second kappa shape index (κ2) is 6.97. The first kappa shape index (κ1) is 16.4. The van der Waals surface area contributed by atoms with E-state index < -0.39 is 0 Å². The molecule has 0 amide bonds. The number of rotatable bonds is 5. The molecule has 6 heteroatoms. The second-order valence-corrected chi connectivity index (χ2v) is 6.58. The quantitative estimate of drug-likeness (QED) is 0.663. The molecule has 0 N–H and O–H groups in total. The summed E-state index contributed by atoms with van der Waals surface area (Å²) in [6.07, 6.45) is 0. The number of ether oxygens (including phenoxy) is 1. The molecular formula is C18H19N3O2S. The summed E-state index contributed by atoms with van der Waals surface area (Å²) >= 11 is 1.37. The Labute approximate surface area is 144 Å². The van der Waals surface area contributed by atoms with Crippen LogP contribution < -0.4 is 0 Å². The van der Waals surface area contributed by atoms with Gasteiger partial charge in [0.25, 0.3) is 0 Å². The summed E-state index contributed by atoms with van der Waals surface area (Å²) in [6.45, 7) is 6.61. The van der Waals surface area contributed by atoms with Crippen molar-refractivity contribution < 1.29 is 9.53 Å². The average molecular weight is 341 g/mol. The Morgan fingerprint density at radius 3 is 2.62 bits per heavy atom. The molecule has 0 atom stereocenters. The standard InChI is InChI=1S/C18H19N3O2S/c1-12-11-13(2)21(20-12)9-10-23-18(22)16-14(3)19-17(24-16)15-7-5-4-6-8-15/h4-8,11H,9-10H2,1-3H3. The largest absolute Gasteiger partial charge is 0.459 e. The highest BCUT2D eigenvalue weighted by molar-refractivity contribution is 7.17. The fraction of sp³-hybridized carbons (Fsp3) is 0.278. The van der Waals surface area contributed by atoms with Crippen LogP contribution >= 0.6 is 11.3 Å². The van der Waals surface area contributed by atoms with Gasteiger partial charge in [0, 0.05) is 11.3 Å². The number of hydrogen-bond donors (Lipinski definition) is 0. The van der Waals surface area contributed by atoms with Crippen LogP contribution in [0.25, 0.3) is 10.6 Å². The molecule has 0 aliphatic carbocycles. The molecule has 24 heavy (non-hydrogen) atoms. The lowest BCUT2D eigenvalue weighted by Crippen LogP contribution is -2.13. The maximum atomic E-state index is 12.3. The van der Waals surface area contributed by atoms with E-state index in [-0.39, 0.29) is 5.97 Å². The zero-order valence-electron chi connectivity index (χ0n) is 13.9. The Balaban J connectivity index is 1.65. The van der Waals surface area contributed by atoms with Gasteiger partial charge in [-0.1, -0.05) is 30.3 Å². The number of carbonyl (C=O) groups excluding carboxylic acids is 1. The highest BCUT2D eigenvalue weighted by Gasteiger charge is 2.17. The molecule has 1 aromatic carbocycles. The lowest BCUT2D eigenvalue weighted by molar-refractivity contribution is 0.0491. The highest BCUT2D eigenvalue weighted by atomic mass is 32.1. The SMILES string of the molecule is Cc1cc(C)n(CCOC(=O)c2sc(-c3ccccc3)nc2C)n1. The third-order valence-corrected chi connectivity index (χ3v) is 4.83. The average Bonchev–Trinajstić information content (AvgIpc) is 3.10. The van der Waals surface area contributed by atoms with Gasteiger partial charge in [0.15, 0.2) is 0 Å². The Kier molecular flexibility index (Phi) is 4.76. The van der Waals surface area contributed by atoms with Crippen LogP contribution in [-0.4, -0.2) is 27.3 Å². The fourth-order valence-corrected chi connectivity index (χ4v) is 3.45. The van der Waals surface area contributed by atoms with Crippen LogP contribution in [0.3, 0.4) is 0 Å². The smallest absolute Gasteiger partial charge is 0.350 e. The van der Waals surface area contributed by atoms with Crippen molar-refractivity contribution in [1.29, 1.82) is 0 Å². The van der Waals surface area contributed by atoms with Crippen molar-refractivity contribution in [2.24, 2.45) is 0 Å². The van der Waals surface area contributed by atoms with Gasteiger partial charge in [-0.15, -0.1) is 11.3 Å². The van der Waals surface area contributed by atoms with E-state index in [0.717, 1.165) is 22.0 Å². The summed E-state index contributed by atoms with van der Waals surface area (Å²) in [6, 6.07) is 11.8. The number of aryl methyl sites for hydroxylation is 3. The molecule has 0 saturated carbocycles. The summed E-state index contributed by atoms with van der Waals surface area (Å²) in [5, 5.41) is 5.19. The monoisotopic (exact) mass is 341 g/mol. The molecule has 5 nitrogen and oxygen atoms in total. The van der Waals surface area contributed by atoms with Gasteiger partial charge in [0.05, 0.1) is 17.9 Å². The number of benzene rings is 1. The third kappa shape index (κ3) is 3.54. The van der Waals surface area contributed by atoms with E-state index in [0.29, 0.717) is 23.7 Å². The van der Waals surface area contributed by atoms with Crippen LogP contribution in [0, 0.1) is 20.8 Å². The van der Waals surface area contributed by atoms with Gasteiger partial charge in [0.2, 0.25) is 0 Å². The first-order valence-corrected chi connectivity index (χ1v) is 8.57. The summed E-state index contributed by atoms with van der Waals surface area (Å²) in [7, 11) is 0. The first-order valence-electron chi connectivity index (χ1n) is 7.75. The maximum Gasteiger partial charge on any atom is 0.350 e. The lowest BCUT2D eigenvalue weighted by atomic mass is 10.2. The molecule has 124 valence electrons. The topological polar surface area (TPSA) is 57.0 Å². The molecule has 0 radical (unpaired) electrons. The van der Waals surface area contributed by atoms with E-state index in [1.165, 1.54) is 11.3 Å². The summed E-state index contributed by atoms with van der Waals surface area (Å²) in [5.74, 6) is -0.325. The van der Waals surface area contributed by atoms with Gasteiger partial charge in [-0.05, 0) is 26.8 Å². The molecule has 0 fully saturated rings. The van der Waals surface area contributed by atoms with Crippen LogP contribution in [0.5, 0.6) is 0 Å². The molecule has 0 bridgehead atoms. The molecule has 2 aromatic heterocycles. The van der Waals surface area contributed by atoms with Gasteiger partial charge in [0.1, 0.15) is 16.5 Å². The number of hydrogen-bond acceptors (Lipinski definition) is 5. The van der Waals surface area contributed by atoms with Gasteiger partial charge in [-0.3, -0.25) is 4.68 Å². The van der Waals surface area contributed by atoms with Crippen LogP contribution in [0.4, 0.5) is 0 Å². The molecule has 0 spiro atoms. The van der Waals surface area contributed by atoms with Crippen molar-refractivity contribution >= 4 is 17.3 Å². The lowest BCUT2D eigenvalue weighted by Gasteiger charge is -2.05. The first-order chi connectivity index (χ1) is 11.5. The molecule has 0 saturated heterocycles. The summed E-state index contributed by atoms with van der Waals surface area (Å²) in [4.78, 5) is 17.4. The Morgan fingerprint density at radius 2 is 1.96 bits per heavy atom. The number of thiazole rings is 1. The number of esters is 1. The van der Waals surface area contributed by atoms with E-state index >= 15 is 0 Å². The van der Waals surface area contributed by atoms with Gasteiger partial charge in [-0.25, -0.2) is 9.78 Å². The number of aromatic nitrogens is 3. The third-order valence-electron chi connectivity index (χ3n) is 3.64. The van der Waals surface area contributed by atoms with Crippen molar-refractivity contribution in [3.8, 4) is 10.6 Å². The number of carbonyl (C=O) groups is 1. The van der Waals surface area contributed by atoms with Crippen LogP contribution in [0.1, 0.15) is 26.8 Å². The fourth-order valence-electron chi connectivity index (χ4n) is 2.48. The van der Waals surface area contributed by atoms with Crippen molar-refractivity contribution in [2.75, 3.05) is 6.61 Å². The minimum Gasteiger partial charge on any atom is -0.459 e. The maximum absolute atomic E-state index is 12.3. The summed E-state index contributed by atoms with van der Waals surface area (Å²) < 4.78 is 7.24. The molecule has 0 aliphatic heterocycles. The normalized spacial score (nSPS) is 10.8. The summed E-state index contributed by atoms with van der Waals surface area (Å²) in [5.41, 5.74) is 3.73.